The Hall–Kier alpha value is -2.05. The van der Waals surface area contributed by atoms with Crippen LogP contribution in [0.2, 0.25) is 0 Å². The molecule has 1 aromatic carbocycles. The number of hydrogen-bond acceptors (Lipinski definition) is 5. The summed E-state index contributed by atoms with van der Waals surface area (Å²) in [7, 11) is 0. The zero-order valence-corrected chi connectivity index (χ0v) is 13.3. The fourth-order valence-electron chi connectivity index (χ4n) is 3.22. The lowest BCUT2D eigenvalue weighted by molar-refractivity contribution is -0.129. The molecule has 1 aliphatic heterocycles. The predicted molar refractivity (Wildman–Crippen MR) is 87.5 cm³/mol. The molecular weight excluding hydrogens is 292 g/mol. The van der Waals surface area contributed by atoms with E-state index in [1.165, 1.54) is 0 Å². The largest absolute Gasteiger partial charge is 0.383 e. The van der Waals surface area contributed by atoms with Crippen LogP contribution in [0.1, 0.15) is 24.4 Å². The van der Waals surface area contributed by atoms with Gasteiger partial charge >= 0.3 is 0 Å². The molecule has 0 radical (unpaired) electrons. The third-order valence-electron chi connectivity index (χ3n) is 4.58. The molecule has 1 aromatic heterocycles. The minimum atomic E-state index is -1.03. The number of carbonyl (C=O) groups is 1. The van der Waals surface area contributed by atoms with Crippen molar-refractivity contribution in [2.45, 2.75) is 32.4 Å². The first kappa shape index (κ1) is 15.8. The number of aromatic nitrogens is 2. The number of carbonyl (C=O) groups excluding carboxylic acids is 1. The number of benzene rings is 1. The van der Waals surface area contributed by atoms with E-state index >= 15 is 0 Å². The lowest BCUT2D eigenvalue weighted by Gasteiger charge is -2.32. The molecule has 6 nitrogen and oxygen atoms in total. The first-order valence-electron chi connectivity index (χ1n) is 7.96. The monoisotopic (exact) mass is 314 g/mol. The van der Waals surface area contributed by atoms with Gasteiger partial charge in [-0.1, -0.05) is 18.2 Å². The van der Waals surface area contributed by atoms with Crippen LogP contribution in [-0.4, -0.2) is 45.1 Å². The van der Waals surface area contributed by atoms with Gasteiger partial charge in [0.05, 0.1) is 12.1 Å². The summed E-state index contributed by atoms with van der Waals surface area (Å²) in [6.45, 7) is 4.31. The van der Waals surface area contributed by atoms with Crippen molar-refractivity contribution in [1.82, 2.24) is 14.9 Å². The van der Waals surface area contributed by atoms with Crippen LogP contribution < -0.4 is 5.73 Å². The second-order valence-corrected chi connectivity index (χ2v) is 6.20. The van der Waals surface area contributed by atoms with E-state index < -0.39 is 12.0 Å². The number of nitrogens with two attached hydrogens (primary N) is 1. The Labute approximate surface area is 135 Å². The summed E-state index contributed by atoms with van der Waals surface area (Å²) in [5.41, 5.74) is 7.13. The molecule has 1 saturated heterocycles. The summed E-state index contributed by atoms with van der Waals surface area (Å²) in [5, 5.41) is 10.8. The zero-order valence-electron chi connectivity index (χ0n) is 13.3. The molecule has 2 aromatic rings. The number of likely N-dealkylation sites (tertiary alicyclic amines) is 1. The summed E-state index contributed by atoms with van der Waals surface area (Å²) in [6, 6.07) is 8.01. The van der Waals surface area contributed by atoms with Crippen LogP contribution in [0.3, 0.4) is 0 Å². The molecule has 1 amide bonds. The molecule has 23 heavy (non-hydrogen) atoms. The number of para-hydroxylation sites is 1. The van der Waals surface area contributed by atoms with E-state index in [2.05, 4.69) is 14.9 Å². The minimum Gasteiger partial charge on any atom is -0.383 e. The molecule has 1 aliphatic rings. The van der Waals surface area contributed by atoms with Gasteiger partial charge in [0.1, 0.15) is 11.9 Å². The van der Waals surface area contributed by atoms with Crippen LogP contribution in [0.25, 0.3) is 10.9 Å². The predicted octanol–water partition coefficient (Wildman–Crippen LogP) is 0.996. The van der Waals surface area contributed by atoms with Crippen molar-refractivity contribution in [2.75, 3.05) is 13.1 Å². The Morgan fingerprint density at radius 2 is 2.04 bits per heavy atom. The highest BCUT2D eigenvalue weighted by molar-refractivity contribution is 5.80. The van der Waals surface area contributed by atoms with Crippen molar-refractivity contribution in [2.24, 2.45) is 11.7 Å². The van der Waals surface area contributed by atoms with E-state index in [4.69, 9.17) is 5.73 Å². The average Bonchev–Trinajstić information content (AvgIpc) is 2.55. The lowest BCUT2D eigenvalue weighted by atomic mass is 9.91. The van der Waals surface area contributed by atoms with Gasteiger partial charge in [-0.3, -0.25) is 9.69 Å². The number of nitrogens with zero attached hydrogens (tertiary/aromatic N) is 3. The van der Waals surface area contributed by atoms with Gasteiger partial charge < -0.3 is 10.8 Å². The van der Waals surface area contributed by atoms with Crippen LogP contribution >= 0.6 is 0 Å². The smallest absolute Gasteiger partial charge is 0.246 e. The third kappa shape index (κ3) is 3.48. The van der Waals surface area contributed by atoms with Crippen molar-refractivity contribution in [3.8, 4) is 0 Å². The van der Waals surface area contributed by atoms with E-state index in [1.807, 2.05) is 31.2 Å². The standard InChI is InChI=1S/C17H22N4O2/c1-11-13-4-2-3-5-14(13)20-15(19-11)10-21-8-6-12(7-9-21)16(22)17(18)23/h2-5,12,16,22H,6-10H2,1H3,(H2,18,23). The van der Waals surface area contributed by atoms with Gasteiger partial charge in [-0.25, -0.2) is 9.97 Å². The summed E-state index contributed by atoms with van der Waals surface area (Å²) in [6.07, 6.45) is 0.490. The molecule has 0 bridgehead atoms. The highest BCUT2D eigenvalue weighted by Gasteiger charge is 2.28. The molecule has 0 saturated carbocycles. The topological polar surface area (TPSA) is 92.3 Å². The van der Waals surface area contributed by atoms with E-state index in [1.54, 1.807) is 0 Å². The van der Waals surface area contributed by atoms with Gasteiger partial charge in [-0.2, -0.15) is 0 Å². The molecule has 6 heteroatoms. The number of aliphatic hydroxyl groups is 1. The molecule has 3 rings (SSSR count). The Kier molecular flexibility index (Phi) is 4.54. The first-order chi connectivity index (χ1) is 11.0. The zero-order chi connectivity index (χ0) is 16.4. The van der Waals surface area contributed by atoms with Crippen molar-refractivity contribution in [3.05, 3.63) is 35.8 Å². The Morgan fingerprint density at radius 1 is 1.35 bits per heavy atom. The maximum Gasteiger partial charge on any atom is 0.246 e. The molecule has 3 N–H and O–H groups in total. The van der Waals surface area contributed by atoms with Crippen molar-refractivity contribution >= 4 is 16.8 Å². The Morgan fingerprint density at radius 3 is 2.74 bits per heavy atom. The summed E-state index contributed by atoms with van der Waals surface area (Å²) < 4.78 is 0. The molecule has 2 heterocycles. The SMILES string of the molecule is Cc1nc(CN2CCC(C(O)C(N)=O)CC2)nc2ccccc12. The number of rotatable bonds is 4. The van der Waals surface area contributed by atoms with Gasteiger partial charge in [0, 0.05) is 11.1 Å². The van der Waals surface area contributed by atoms with Crippen LogP contribution in [-0.2, 0) is 11.3 Å². The van der Waals surface area contributed by atoms with E-state index in [0.29, 0.717) is 6.54 Å². The van der Waals surface area contributed by atoms with Gasteiger partial charge in [0.15, 0.2) is 0 Å². The van der Waals surface area contributed by atoms with Crippen molar-refractivity contribution in [3.63, 3.8) is 0 Å². The highest BCUT2D eigenvalue weighted by Crippen LogP contribution is 2.22. The highest BCUT2D eigenvalue weighted by atomic mass is 16.3. The number of primary amides is 1. The van der Waals surface area contributed by atoms with Crippen molar-refractivity contribution in [1.29, 1.82) is 0 Å². The van der Waals surface area contributed by atoms with Crippen LogP contribution in [0.15, 0.2) is 24.3 Å². The molecule has 1 unspecified atom stereocenters. The van der Waals surface area contributed by atoms with Crippen LogP contribution in [0.5, 0.6) is 0 Å². The molecule has 1 fully saturated rings. The Balaban J connectivity index is 1.66. The van der Waals surface area contributed by atoms with E-state index in [0.717, 1.165) is 48.4 Å². The number of piperidine rings is 1. The number of amides is 1. The summed E-state index contributed by atoms with van der Waals surface area (Å²) in [5.74, 6) is 0.148. The fraction of sp³-hybridized carbons (Fsp3) is 0.471. The van der Waals surface area contributed by atoms with Crippen molar-refractivity contribution < 1.29 is 9.90 Å². The Bertz CT molecular complexity index is 711. The molecule has 122 valence electrons. The number of hydrogen-bond donors (Lipinski definition) is 2. The van der Waals surface area contributed by atoms with E-state index in [9.17, 15) is 9.90 Å². The normalized spacial score (nSPS) is 18.2. The number of aliphatic hydroxyl groups excluding tert-OH is 1. The van der Waals surface area contributed by atoms with Crippen LogP contribution in [0, 0.1) is 12.8 Å². The first-order valence-corrected chi connectivity index (χ1v) is 7.96. The molecule has 1 atom stereocenters. The van der Waals surface area contributed by atoms with Gasteiger partial charge in [0.25, 0.3) is 0 Å². The number of aryl methyl sites for hydroxylation is 1. The lowest BCUT2D eigenvalue weighted by Crippen LogP contribution is -2.42. The second-order valence-electron chi connectivity index (χ2n) is 6.20. The van der Waals surface area contributed by atoms with E-state index in [-0.39, 0.29) is 5.92 Å². The van der Waals surface area contributed by atoms with Gasteiger partial charge in [-0.05, 0) is 44.8 Å². The quantitative estimate of drug-likeness (QED) is 0.878. The minimum absolute atomic E-state index is 0.0389. The fourth-order valence-corrected chi connectivity index (χ4v) is 3.22. The molecule has 0 spiro atoms. The summed E-state index contributed by atoms with van der Waals surface area (Å²) in [4.78, 5) is 22.6. The third-order valence-corrected chi connectivity index (χ3v) is 4.58. The molecular formula is C17H22N4O2. The van der Waals surface area contributed by atoms with Gasteiger partial charge in [0.2, 0.25) is 5.91 Å². The second kappa shape index (κ2) is 6.60. The van der Waals surface area contributed by atoms with Gasteiger partial charge in [-0.15, -0.1) is 0 Å². The average molecular weight is 314 g/mol. The summed E-state index contributed by atoms with van der Waals surface area (Å²) >= 11 is 0. The number of fused-ring (bicyclic) bond motifs is 1. The maximum absolute atomic E-state index is 11.1. The maximum atomic E-state index is 11.1. The van der Waals surface area contributed by atoms with Crippen LogP contribution in [0.4, 0.5) is 0 Å². The molecule has 0 aliphatic carbocycles.